The largest absolute Gasteiger partial charge is 0.321 e. The second kappa shape index (κ2) is 6.75. The number of rotatable bonds is 4. The first-order chi connectivity index (χ1) is 11.1. The second-order valence-electron chi connectivity index (χ2n) is 5.82. The molecule has 1 amide bonds. The third kappa shape index (κ3) is 3.84. The summed E-state index contributed by atoms with van der Waals surface area (Å²) in [7, 11) is 1.52. The van der Waals surface area contributed by atoms with Crippen LogP contribution in [0.15, 0.2) is 41.2 Å². The van der Waals surface area contributed by atoms with Gasteiger partial charge in [0.1, 0.15) is 5.69 Å². The van der Waals surface area contributed by atoms with Crippen molar-refractivity contribution in [3.8, 4) is 0 Å². The fourth-order valence-electron chi connectivity index (χ4n) is 2.76. The van der Waals surface area contributed by atoms with Crippen molar-refractivity contribution in [3.63, 3.8) is 0 Å². The minimum absolute atomic E-state index is 0.219. The number of hydrogen-bond acceptors (Lipinski definition) is 4. The van der Waals surface area contributed by atoms with Crippen LogP contribution in [0.25, 0.3) is 0 Å². The summed E-state index contributed by atoms with van der Waals surface area (Å²) in [4.78, 5) is 26.0. The summed E-state index contributed by atoms with van der Waals surface area (Å²) in [6.45, 7) is 3.18. The maximum absolute atomic E-state index is 12.2. The van der Waals surface area contributed by atoms with Gasteiger partial charge in [0.05, 0.1) is 0 Å². The number of hydrogen-bond donors (Lipinski definition) is 1. The van der Waals surface area contributed by atoms with E-state index < -0.39 is 0 Å². The van der Waals surface area contributed by atoms with E-state index in [0.29, 0.717) is 0 Å². The number of anilines is 1. The molecule has 0 spiro atoms. The quantitative estimate of drug-likeness (QED) is 0.932. The molecule has 6 nitrogen and oxygen atoms in total. The Morgan fingerprint density at radius 2 is 2.00 bits per heavy atom. The molecule has 1 aliphatic rings. The average Bonchev–Trinajstić information content (AvgIpc) is 3.03. The first-order valence-electron chi connectivity index (χ1n) is 7.79. The van der Waals surface area contributed by atoms with Crippen LogP contribution in [0.5, 0.6) is 0 Å². The molecule has 23 heavy (non-hydrogen) atoms. The highest BCUT2D eigenvalue weighted by molar-refractivity contribution is 6.02. The van der Waals surface area contributed by atoms with E-state index in [1.54, 1.807) is 0 Å². The highest BCUT2D eigenvalue weighted by Gasteiger charge is 2.13. The number of aryl methyl sites for hydroxylation is 1. The lowest BCUT2D eigenvalue weighted by molar-refractivity contribution is 0.102. The van der Waals surface area contributed by atoms with Crippen LogP contribution in [0.4, 0.5) is 5.69 Å². The van der Waals surface area contributed by atoms with Gasteiger partial charge in [-0.15, -0.1) is 0 Å². The molecule has 2 aromatic rings. The number of nitrogens with zero attached hydrogens (tertiary/aromatic N) is 3. The zero-order chi connectivity index (χ0) is 16.2. The zero-order valence-corrected chi connectivity index (χ0v) is 13.2. The van der Waals surface area contributed by atoms with Gasteiger partial charge in [-0.25, -0.2) is 4.68 Å². The number of benzene rings is 1. The van der Waals surface area contributed by atoms with Crippen molar-refractivity contribution >= 4 is 11.6 Å². The van der Waals surface area contributed by atoms with Crippen molar-refractivity contribution in [3.05, 3.63) is 58.0 Å². The third-order valence-electron chi connectivity index (χ3n) is 3.98. The Morgan fingerprint density at radius 1 is 1.22 bits per heavy atom. The average molecular weight is 312 g/mol. The lowest BCUT2D eigenvalue weighted by Crippen LogP contribution is -2.23. The molecule has 1 saturated heterocycles. The Bertz CT molecular complexity index is 763. The molecule has 0 saturated carbocycles. The smallest absolute Gasteiger partial charge is 0.276 e. The van der Waals surface area contributed by atoms with Crippen molar-refractivity contribution in [2.24, 2.45) is 7.05 Å². The zero-order valence-electron chi connectivity index (χ0n) is 13.2. The van der Waals surface area contributed by atoms with Crippen molar-refractivity contribution in [1.82, 2.24) is 14.7 Å². The van der Waals surface area contributed by atoms with Crippen molar-refractivity contribution in [2.75, 3.05) is 18.4 Å². The Morgan fingerprint density at radius 3 is 2.74 bits per heavy atom. The number of amides is 1. The monoisotopic (exact) mass is 312 g/mol. The molecule has 0 radical (unpaired) electrons. The minimum atomic E-state index is -0.320. The maximum Gasteiger partial charge on any atom is 0.276 e. The van der Waals surface area contributed by atoms with Gasteiger partial charge in [-0.2, -0.15) is 5.10 Å². The number of nitrogens with one attached hydrogen (secondary N) is 1. The summed E-state index contributed by atoms with van der Waals surface area (Å²) in [6, 6.07) is 10.6. The summed E-state index contributed by atoms with van der Waals surface area (Å²) >= 11 is 0. The van der Waals surface area contributed by atoms with Crippen LogP contribution >= 0.6 is 0 Å². The van der Waals surface area contributed by atoms with Gasteiger partial charge in [0, 0.05) is 25.3 Å². The SMILES string of the molecule is Cn1nc(C(=O)Nc2cccc(CN3CCCC3)c2)ccc1=O. The molecule has 0 atom stereocenters. The Hall–Kier alpha value is -2.47. The first-order valence-corrected chi connectivity index (χ1v) is 7.79. The molecule has 1 aliphatic heterocycles. The van der Waals surface area contributed by atoms with Crippen LogP contribution in [0.1, 0.15) is 28.9 Å². The summed E-state index contributed by atoms with van der Waals surface area (Å²) in [6.07, 6.45) is 2.52. The van der Waals surface area contributed by atoms with E-state index in [1.165, 1.54) is 37.6 Å². The number of carbonyl (C=O) groups is 1. The number of aromatic nitrogens is 2. The van der Waals surface area contributed by atoms with Crippen LogP contribution in [0.2, 0.25) is 0 Å². The summed E-state index contributed by atoms with van der Waals surface area (Å²) < 4.78 is 1.15. The van der Waals surface area contributed by atoms with Crippen LogP contribution in [0.3, 0.4) is 0 Å². The predicted octanol–water partition coefficient (Wildman–Crippen LogP) is 1.63. The number of likely N-dealkylation sites (tertiary alicyclic amines) is 1. The van der Waals surface area contributed by atoms with Gasteiger partial charge >= 0.3 is 0 Å². The molecule has 0 bridgehead atoms. The molecule has 6 heteroatoms. The molecular formula is C17H20N4O2. The first kappa shape index (κ1) is 15.4. The molecule has 1 aromatic carbocycles. The molecule has 0 unspecified atom stereocenters. The van der Waals surface area contributed by atoms with Crippen LogP contribution < -0.4 is 10.9 Å². The molecule has 120 valence electrons. The van der Waals surface area contributed by atoms with Gasteiger partial charge in [-0.1, -0.05) is 12.1 Å². The van der Waals surface area contributed by atoms with E-state index in [-0.39, 0.29) is 17.2 Å². The standard InChI is InChI=1S/C17H20N4O2/c1-20-16(22)8-7-15(19-20)17(23)18-14-6-4-5-13(11-14)12-21-9-2-3-10-21/h4-8,11H,2-3,9-10,12H2,1H3,(H,18,23). The Balaban J connectivity index is 1.70. The van der Waals surface area contributed by atoms with Gasteiger partial charge in [0.2, 0.25) is 0 Å². The van der Waals surface area contributed by atoms with Crippen LogP contribution in [0, 0.1) is 0 Å². The van der Waals surface area contributed by atoms with Gasteiger partial charge in [0.15, 0.2) is 0 Å². The molecule has 1 fully saturated rings. The Labute approximate surface area is 134 Å². The van der Waals surface area contributed by atoms with Crippen molar-refractivity contribution in [2.45, 2.75) is 19.4 Å². The van der Waals surface area contributed by atoms with Gasteiger partial charge in [-0.3, -0.25) is 14.5 Å². The second-order valence-corrected chi connectivity index (χ2v) is 5.82. The number of carbonyl (C=O) groups excluding carboxylic acids is 1. The summed E-state index contributed by atoms with van der Waals surface area (Å²) in [5.41, 5.74) is 1.90. The highest BCUT2D eigenvalue weighted by atomic mass is 16.2. The molecule has 2 heterocycles. The van der Waals surface area contributed by atoms with E-state index in [4.69, 9.17) is 0 Å². The van der Waals surface area contributed by atoms with Gasteiger partial charge < -0.3 is 5.32 Å². The van der Waals surface area contributed by atoms with E-state index >= 15 is 0 Å². The van der Waals surface area contributed by atoms with Gasteiger partial charge in [-0.05, 0) is 49.7 Å². The van der Waals surface area contributed by atoms with E-state index in [2.05, 4.69) is 21.4 Å². The Kier molecular flexibility index (Phi) is 4.52. The van der Waals surface area contributed by atoms with Crippen molar-refractivity contribution < 1.29 is 4.79 Å². The topological polar surface area (TPSA) is 67.2 Å². The summed E-state index contributed by atoms with van der Waals surface area (Å²) in [5.74, 6) is -0.320. The minimum Gasteiger partial charge on any atom is -0.321 e. The molecule has 1 aromatic heterocycles. The molecule has 3 rings (SSSR count). The lowest BCUT2D eigenvalue weighted by atomic mass is 10.2. The highest BCUT2D eigenvalue weighted by Crippen LogP contribution is 2.16. The van der Waals surface area contributed by atoms with E-state index in [1.807, 2.05) is 18.2 Å². The lowest BCUT2D eigenvalue weighted by Gasteiger charge is -2.15. The maximum atomic E-state index is 12.2. The molecule has 1 N–H and O–H groups in total. The predicted molar refractivity (Wildman–Crippen MR) is 88.4 cm³/mol. The van der Waals surface area contributed by atoms with Crippen LogP contribution in [-0.4, -0.2) is 33.7 Å². The van der Waals surface area contributed by atoms with E-state index in [9.17, 15) is 9.59 Å². The third-order valence-corrected chi connectivity index (χ3v) is 3.98. The van der Waals surface area contributed by atoms with E-state index in [0.717, 1.165) is 30.0 Å². The fourth-order valence-corrected chi connectivity index (χ4v) is 2.76. The summed E-state index contributed by atoms with van der Waals surface area (Å²) in [5, 5.41) is 6.79. The van der Waals surface area contributed by atoms with Crippen LogP contribution in [-0.2, 0) is 13.6 Å². The normalized spacial score (nSPS) is 14.8. The van der Waals surface area contributed by atoms with Crippen molar-refractivity contribution in [1.29, 1.82) is 0 Å². The van der Waals surface area contributed by atoms with Gasteiger partial charge in [0.25, 0.3) is 11.5 Å². The fraction of sp³-hybridized carbons (Fsp3) is 0.353. The molecule has 0 aliphatic carbocycles. The molecular weight excluding hydrogens is 292 g/mol.